The molecule has 0 bridgehead atoms. The number of fused-ring (bicyclic) bond motifs is 1. The van der Waals surface area contributed by atoms with Crippen molar-refractivity contribution in [3.8, 4) is 0 Å². The van der Waals surface area contributed by atoms with Crippen LogP contribution < -0.4 is 10.0 Å². The van der Waals surface area contributed by atoms with Gasteiger partial charge in [0.15, 0.2) is 0 Å². The minimum absolute atomic E-state index is 0.179. The minimum Gasteiger partial charge on any atom is -0.307 e. The lowest BCUT2D eigenvalue weighted by Crippen LogP contribution is -2.37. The van der Waals surface area contributed by atoms with Crippen molar-refractivity contribution in [2.24, 2.45) is 0 Å². The number of alkyl halides is 1. The first kappa shape index (κ1) is 16.1. The van der Waals surface area contributed by atoms with Gasteiger partial charge in [0.2, 0.25) is 10.0 Å². The molecule has 0 aliphatic carbocycles. The van der Waals surface area contributed by atoms with E-state index in [1.807, 2.05) is 30.3 Å². The van der Waals surface area contributed by atoms with Crippen molar-refractivity contribution in [2.75, 3.05) is 6.67 Å². The third kappa shape index (κ3) is 3.77. The molecule has 0 saturated carbocycles. The normalized spacial score (nSPS) is 17.7. The predicted octanol–water partition coefficient (Wildman–Crippen LogP) is 2.15. The lowest BCUT2D eigenvalue weighted by atomic mass is 9.96. The van der Waals surface area contributed by atoms with Gasteiger partial charge in [-0.2, -0.15) is 0 Å². The molecule has 2 N–H and O–H groups in total. The summed E-state index contributed by atoms with van der Waals surface area (Å²) in [7, 11) is -3.56. The molecule has 1 atom stereocenters. The number of nitrogens with one attached hydrogen (secondary N) is 2. The van der Waals surface area contributed by atoms with Gasteiger partial charge in [-0.1, -0.05) is 36.4 Å². The van der Waals surface area contributed by atoms with Gasteiger partial charge in [0.25, 0.3) is 0 Å². The summed E-state index contributed by atoms with van der Waals surface area (Å²) in [5.41, 5.74) is 2.83. The van der Waals surface area contributed by atoms with Crippen LogP contribution >= 0.6 is 0 Å². The SMILES string of the molecule is O=S(=O)(NCc1ccccc1)c1ccc2c(c1)CNC(CF)C2. The Morgan fingerprint density at radius 3 is 2.65 bits per heavy atom. The Bertz CT molecular complexity index is 778. The molecule has 0 amide bonds. The van der Waals surface area contributed by atoms with Gasteiger partial charge in [-0.3, -0.25) is 0 Å². The van der Waals surface area contributed by atoms with E-state index in [0.717, 1.165) is 16.7 Å². The summed E-state index contributed by atoms with van der Waals surface area (Å²) in [6.07, 6.45) is 0.587. The number of benzene rings is 2. The summed E-state index contributed by atoms with van der Waals surface area (Å²) in [6.45, 7) is 0.326. The Morgan fingerprint density at radius 1 is 1.13 bits per heavy atom. The minimum atomic E-state index is -3.56. The Kier molecular flexibility index (Phi) is 4.75. The first-order valence-corrected chi connectivity index (χ1v) is 9.01. The van der Waals surface area contributed by atoms with Gasteiger partial charge in [-0.05, 0) is 35.2 Å². The highest BCUT2D eigenvalue weighted by atomic mass is 32.2. The van der Waals surface area contributed by atoms with Gasteiger partial charge in [0.1, 0.15) is 6.67 Å². The fraction of sp³-hybridized carbons (Fsp3) is 0.294. The van der Waals surface area contributed by atoms with Crippen LogP contribution in [0.1, 0.15) is 16.7 Å². The average Bonchev–Trinajstić information content (AvgIpc) is 2.60. The number of hydrogen-bond acceptors (Lipinski definition) is 3. The molecular weight excluding hydrogens is 315 g/mol. The quantitative estimate of drug-likeness (QED) is 0.881. The molecule has 122 valence electrons. The fourth-order valence-electron chi connectivity index (χ4n) is 2.69. The van der Waals surface area contributed by atoms with Crippen molar-refractivity contribution in [2.45, 2.75) is 30.4 Å². The average molecular weight is 334 g/mol. The second kappa shape index (κ2) is 6.78. The van der Waals surface area contributed by atoms with Crippen LogP contribution in [0.3, 0.4) is 0 Å². The third-order valence-corrected chi connectivity index (χ3v) is 5.43. The molecule has 0 fully saturated rings. The first-order valence-electron chi connectivity index (χ1n) is 7.53. The van der Waals surface area contributed by atoms with Crippen LogP contribution in [0.2, 0.25) is 0 Å². The molecule has 3 rings (SSSR count). The standard InChI is InChI=1S/C17H19FN2O2S/c18-10-16-8-14-6-7-17(9-15(14)12-19-16)23(21,22)20-11-13-4-2-1-3-5-13/h1-7,9,16,19-20H,8,10-12H2. The maximum Gasteiger partial charge on any atom is 0.240 e. The third-order valence-electron chi connectivity index (χ3n) is 4.03. The number of hydrogen-bond donors (Lipinski definition) is 2. The van der Waals surface area contributed by atoms with E-state index in [2.05, 4.69) is 10.0 Å². The molecular formula is C17H19FN2O2S. The second-order valence-corrected chi connectivity index (χ2v) is 7.44. The highest BCUT2D eigenvalue weighted by Crippen LogP contribution is 2.21. The summed E-state index contributed by atoms with van der Waals surface area (Å²) in [4.78, 5) is 0.243. The summed E-state index contributed by atoms with van der Waals surface area (Å²) in [5.74, 6) is 0. The largest absolute Gasteiger partial charge is 0.307 e. The maximum absolute atomic E-state index is 12.7. The molecule has 2 aromatic rings. The zero-order valence-corrected chi connectivity index (χ0v) is 13.4. The summed E-state index contributed by atoms with van der Waals surface area (Å²) in [5, 5.41) is 3.07. The van der Waals surface area contributed by atoms with Crippen molar-refractivity contribution in [1.82, 2.24) is 10.0 Å². The van der Waals surface area contributed by atoms with Crippen LogP contribution in [0.25, 0.3) is 0 Å². The molecule has 1 aliphatic rings. The molecule has 23 heavy (non-hydrogen) atoms. The van der Waals surface area contributed by atoms with Crippen molar-refractivity contribution >= 4 is 10.0 Å². The Labute approximate surface area is 135 Å². The molecule has 0 saturated heterocycles. The van der Waals surface area contributed by atoms with Crippen LogP contribution in [0.5, 0.6) is 0 Å². The van der Waals surface area contributed by atoms with Crippen molar-refractivity contribution in [1.29, 1.82) is 0 Å². The summed E-state index contributed by atoms with van der Waals surface area (Å²) >= 11 is 0. The van der Waals surface area contributed by atoms with Gasteiger partial charge in [-0.15, -0.1) is 0 Å². The van der Waals surface area contributed by atoms with Crippen LogP contribution in [-0.2, 0) is 29.5 Å². The molecule has 2 aromatic carbocycles. The zero-order chi connectivity index (χ0) is 16.3. The summed E-state index contributed by atoms with van der Waals surface area (Å²) < 4.78 is 40.2. The van der Waals surface area contributed by atoms with Crippen LogP contribution in [0.4, 0.5) is 4.39 Å². The van der Waals surface area contributed by atoms with E-state index < -0.39 is 16.7 Å². The lowest BCUT2D eigenvalue weighted by Gasteiger charge is -2.24. The Hall–Kier alpha value is -1.76. The van der Waals surface area contributed by atoms with Gasteiger partial charge in [0, 0.05) is 19.1 Å². The van der Waals surface area contributed by atoms with Crippen LogP contribution in [-0.4, -0.2) is 21.1 Å². The molecule has 0 radical (unpaired) electrons. The van der Waals surface area contributed by atoms with Crippen molar-refractivity contribution in [3.05, 3.63) is 65.2 Å². The molecule has 1 heterocycles. The second-order valence-electron chi connectivity index (χ2n) is 5.68. The van der Waals surface area contributed by atoms with E-state index in [-0.39, 0.29) is 17.5 Å². The first-order chi connectivity index (χ1) is 11.1. The maximum atomic E-state index is 12.7. The van der Waals surface area contributed by atoms with Gasteiger partial charge >= 0.3 is 0 Å². The summed E-state index contributed by atoms with van der Waals surface area (Å²) in [6, 6.07) is 14.2. The molecule has 0 aromatic heterocycles. The molecule has 0 spiro atoms. The Morgan fingerprint density at radius 2 is 1.91 bits per heavy atom. The highest BCUT2D eigenvalue weighted by Gasteiger charge is 2.21. The predicted molar refractivity (Wildman–Crippen MR) is 87.2 cm³/mol. The van der Waals surface area contributed by atoms with E-state index in [9.17, 15) is 12.8 Å². The van der Waals surface area contributed by atoms with E-state index in [0.29, 0.717) is 13.0 Å². The van der Waals surface area contributed by atoms with Gasteiger partial charge in [-0.25, -0.2) is 17.5 Å². The smallest absolute Gasteiger partial charge is 0.240 e. The van der Waals surface area contributed by atoms with E-state index >= 15 is 0 Å². The van der Waals surface area contributed by atoms with E-state index in [1.165, 1.54) is 0 Å². The molecule has 6 heteroatoms. The number of halogens is 1. The number of sulfonamides is 1. The molecule has 1 unspecified atom stereocenters. The Balaban J connectivity index is 1.76. The van der Waals surface area contributed by atoms with E-state index in [1.54, 1.807) is 18.2 Å². The van der Waals surface area contributed by atoms with E-state index in [4.69, 9.17) is 0 Å². The van der Waals surface area contributed by atoms with Crippen LogP contribution in [0, 0.1) is 0 Å². The zero-order valence-electron chi connectivity index (χ0n) is 12.6. The van der Waals surface area contributed by atoms with Crippen LogP contribution in [0.15, 0.2) is 53.4 Å². The van der Waals surface area contributed by atoms with Crippen molar-refractivity contribution in [3.63, 3.8) is 0 Å². The number of rotatable bonds is 5. The lowest BCUT2D eigenvalue weighted by molar-refractivity contribution is 0.358. The molecule has 4 nitrogen and oxygen atoms in total. The molecule has 1 aliphatic heterocycles. The fourth-order valence-corrected chi connectivity index (χ4v) is 3.76. The van der Waals surface area contributed by atoms with Gasteiger partial charge in [0.05, 0.1) is 4.90 Å². The van der Waals surface area contributed by atoms with Gasteiger partial charge < -0.3 is 5.32 Å². The topological polar surface area (TPSA) is 58.2 Å². The monoisotopic (exact) mass is 334 g/mol. The highest BCUT2D eigenvalue weighted by molar-refractivity contribution is 7.89. The van der Waals surface area contributed by atoms with Crippen molar-refractivity contribution < 1.29 is 12.8 Å².